The van der Waals surface area contributed by atoms with Crippen LogP contribution in [0.3, 0.4) is 0 Å². The van der Waals surface area contributed by atoms with E-state index in [0.717, 1.165) is 24.3 Å². The quantitative estimate of drug-likeness (QED) is 0.776. The highest BCUT2D eigenvalue weighted by molar-refractivity contribution is 6.00. The second-order valence-corrected chi connectivity index (χ2v) is 8.58. The Labute approximate surface area is 183 Å². The van der Waals surface area contributed by atoms with Gasteiger partial charge in [-0.25, -0.2) is 0 Å². The molecule has 2 aliphatic rings. The van der Waals surface area contributed by atoms with Gasteiger partial charge in [0.25, 0.3) is 0 Å². The number of ether oxygens (including phenoxy) is 2. The van der Waals surface area contributed by atoms with E-state index in [0.29, 0.717) is 26.3 Å². The van der Waals surface area contributed by atoms with Gasteiger partial charge >= 0.3 is 0 Å². The molecule has 2 heterocycles. The fourth-order valence-electron chi connectivity index (χ4n) is 4.60. The lowest BCUT2D eigenvalue weighted by molar-refractivity contribution is -0.126. The fourth-order valence-corrected chi connectivity index (χ4v) is 4.60. The van der Waals surface area contributed by atoms with Gasteiger partial charge < -0.3 is 19.7 Å². The standard InChI is InChI=1S/C25H30N2O4/c1-18-4-3-5-20(14-18)25(10-12-31-13-11-25)17-26-24(29)19-15-23(28)27(16-19)21-6-8-22(30-2)9-7-21/h3-9,14,19H,10-13,15-17H2,1-2H3,(H,26,29). The topological polar surface area (TPSA) is 67.9 Å². The number of carbonyl (C=O) groups excluding carboxylic acids is 2. The van der Waals surface area contributed by atoms with Gasteiger partial charge in [0.2, 0.25) is 11.8 Å². The van der Waals surface area contributed by atoms with Gasteiger partial charge in [-0.05, 0) is 49.6 Å². The average molecular weight is 423 g/mol. The highest BCUT2D eigenvalue weighted by atomic mass is 16.5. The Balaban J connectivity index is 1.43. The second kappa shape index (κ2) is 9.10. The number of anilines is 1. The number of amides is 2. The van der Waals surface area contributed by atoms with Crippen molar-refractivity contribution in [1.29, 1.82) is 0 Å². The summed E-state index contributed by atoms with van der Waals surface area (Å²) in [6.45, 7) is 4.43. The maximum absolute atomic E-state index is 13.0. The Kier molecular flexibility index (Phi) is 6.28. The van der Waals surface area contributed by atoms with Crippen molar-refractivity contribution in [2.75, 3.05) is 38.3 Å². The molecule has 31 heavy (non-hydrogen) atoms. The van der Waals surface area contributed by atoms with Gasteiger partial charge in [0.1, 0.15) is 5.75 Å². The van der Waals surface area contributed by atoms with E-state index in [1.54, 1.807) is 12.0 Å². The van der Waals surface area contributed by atoms with Crippen molar-refractivity contribution in [3.8, 4) is 5.75 Å². The number of benzene rings is 2. The molecule has 0 radical (unpaired) electrons. The molecule has 0 spiro atoms. The largest absolute Gasteiger partial charge is 0.497 e. The Morgan fingerprint density at radius 1 is 1.19 bits per heavy atom. The molecule has 1 atom stereocenters. The van der Waals surface area contributed by atoms with Gasteiger partial charge in [-0.2, -0.15) is 0 Å². The van der Waals surface area contributed by atoms with Gasteiger partial charge in [0, 0.05) is 43.8 Å². The average Bonchev–Trinajstić information content (AvgIpc) is 3.20. The predicted molar refractivity (Wildman–Crippen MR) is 119 cm³/mol. The van der Waals surface area contributed by atoms with Crippen LogP contribution in [0.2, 0.25) is 0 Å². The molecular formula is C25H30N2O4. The third-order valence-electron chi connectivity index (χ3n) is 6.56. The lowest BCUT2D eigenvalue weighted by atomic mass is 9.73. The van der Waals surface area contributed by atoms with Gasteiger partial charge in [-0.3, -0.25) is 9.59 Å². The van der Waals surface area contributed by atoms with Crippen LogP contribution in [0, 0.1) is 12.8 Å². The second-order valence-electron chi connectivity index (χ2n) is 8.58. The van der Waals surface area contributed by atoms with Crippen LogP contribution in [0.5, 0.6) is 5.75 Å². The zero-order chi connectivity index (χ0) is 21.8. The zero-order valence-corrected chi connectivity index (χ0v) is 18.2. The Morgan fingerprint density at radius 2 is 1.94 bits per heavy atom. The maximum Gasteiger partial charge on any atom is 0.227 e. The first-order valence-corrected chi connectivity index (χ1v) is 10.9. The molecule has 6 heteroatoms. The summed E-state index contributed by atoms with van der Waals surface area (Å²) < 4.78 is 10.8. The number of carbonyl (C=O) groups is 2. The van der Waals surface area contributed by atoms with E-state index in [-0.39, 0.29) is 29.6 Å². The van der Waals surface area contributed by atoms with Crippen LogP contribution < -0.4 is 15.0 Å². The molecule has 2 aromatic carbocycles. The summed E-state index contributed by atoms with van der Waals surface area (Å²) in [5.74, 6) is 0.319. The molecule has 0 aromatic heterocycles. The highest BCUT2D eigenvalue weighted by Gasteiger charge is 2.38. The summed E-state index contributed by atoms with van der Waals surface area (Å²) in [7, 11) is 1.61. The van der Waals surface area contributed by atoms with E-state index in [1.807, 2.05) is 24.3 Å². The fraction of sp³-hybridized carbons (Fsp3) is 0.440. The molecule has 1 unspecified atom stereocenters. The number of nitrogens with one attached hydrogen (secondary N) is 1. The van der Waals surface area contributed by atoms with Crippen molar-refractivity contribution in [2.24, 2.45) is 5.92 Å². The molecule has 2 aliphatic heterocycles. The predicted octanol–water partition coefficient (Wildman–Crippen LogP) is 3.22. The van der Waals surface area contributed by atoms with Gasteiger partial charge in [0.05, 0.1) is 13.0 Å². The summed E-state index contributed by atoms with van der Waals surface area (Å²) in [6, 6.07) is 15.9. The monoisotopic (exact) mass is 422 g/mol. The van der Waals surface area contributed by atoms with Crippen molar-refractivity contribution in [1.82, 2.24) is 5.32 Å². The smallest absolute Gasteiger partial charge is 0.227 e. The maximum atomic E-state index is 13.0. The molecule has 2 fully saturated rings. The van der Waals surface area contributed by atoms with Crippen LogP contribution in [-0.2, 0) is 19.7 Å². The van der Waals surface area contributed by atoms with E-state index in [9.17, 15) is 9.59 Å². The molecule has 0 aliphatic carbocycles. The first-order valence-electron chi connectivity index (χ1n) is 10.9. The Hall–Kier alpha value is -2.86. The molecular weight excluding hydrogens is 392 g/mol. The third-order valence-corrected chi connectivity index (χ3v) is 6.56. The molecule has 0 bridgehead atoms. The number of methoxy groups -OCH3 is 1. The highest BCUT2D eigenvalue weighted by Crippen LogP contribution is 2.35. The first kappa shape index (κ1) is 21.4. The van der Waals surface area contributed by atoms with Crippen LogP contribution in [0.25, 0.3) is 0 Å². The van der Waals surface area contributed by atoms with Crippen molar-refractivity contribution in [3.63, 3.8) is 0 Å². The molecule has 164 valence electrons. The van der Waals surface area contributed by atoms with E-state index in [2.05, 4.69) is 36.5 Å². The van der Waals surface area contributed by atoms with Gasteiger partial charge in [0.15, 0.2) is 0 Å². The third kappa shape index (κ3) is 4.59. The summed E-state index contributed by atoms with van der Waals surface area (Å²) in [6.07, 6.45) is 1.98. The van der Waals surface area contributed by atoms with E-state index in [1.165, 1.54) is 11.1 Å². The van der Waals surface area contributed by atoms with Crippen LogP contribution in [0.15, 0.2) is 48.5 Å². The summed E-state index contributed by atoms with van der Waals surface area (Å²) >= 11 is 0. The molecule has 4 rings (SSSR count). The number of aryl methyl sites for hydroxylation is 1. The van der Waals surface area contributed by atoms with Crippen LogP contribution in [0.4, 0.5) is 5.69 Å². The molecule has 2 saturated heterocycles. The molecule has 1 N–H and O–H groups in total. The van der Waals surface area contributed by atoms with Crippen molar-refractivity contribution in [3.05, 3.63) is 59.7 Å². The van der Waals surface area contributed by atoms with Crippen molar-refractivity contribution < 1.29 is 19.1 Å². The summed E-state index contributed by atoms with van der Waals surface area (Å²) in [5, 5.41) is 3.17. The molecule has 2 amide bonds. The zero-order valence-electron chi connectivity index (χ0n) is 18.2. The minimum atomic E-state index is -0.344. The number of hydrogen-bond donors (Lipinski definition) is 1. The van der Waals surface area contributed by atoms with E-state index < -0.39 is 0 Å². The molecule has 6 nitrogen and oxygen atoms in total. The van der Waals surface area contributed by atoms with E-state index in [4.69, 9.17) is 9.47 Å². The van der Waals surface area contributed by atoms with Crippen molar-refractivity contribution in [2.45, 2.75) is 31.6 Å². The number of hydrogen-bond acceptors (Lipinski definition) is 4. The first-order chi connectivity index (χ1) is 15.0. The molecule has 0 saturated carbocycles. The van der Waals surface area contributed by atoms with Gasteiger partial charge in [-0.1, -0.05) is 29.8 Å². The van der Waals surface area contributed by atoms with E-state index >= 15 is 0 Å². The summed E-state index contributed by atoms with van der Waals surface area (Å²) in [4.78, 5) is 27.3. The minimum Gasteiger partial charge on any atom is -0.497 e. The number of rotatable bonds is 6. The van der Waals surface area contributed by atoms with Crippen LogP contribution >= 0.6 is 0 Å². The Bertz CT molecular complexity index is 935. The SMILES string of the molecule is COc1ccc(N2CC(C(=O)NCC3(c4cccc(C)c4)CCOCC3)CC2=O)cc1. The number of nitrogens with zero attached hydrogens (tertiary/aromatic N) is 1. The van der Waals surface area contributed by atoms with Gasteiger partial charge in [-0.15, -0.1) is 0 Å². The lowest BCUT2D eigenvalue weighted by Gasteiger charge is -2.38. The summed E-state index contributed by atoms with van der Waals surface area (Å²) in [5.41, 5.74) is 3.13. The van der Waals surface area contributed by atoms with Crippen molar-refractivity contribution >= 4 is 17.5 Å². The lowest BCUT2D eigenvalue weighted by Crippen LogP contribution is -2.46. The normalized spacial score (nSPS) is 20.5. The minimum absolute atomic E-state index is 0.0234. The van der Waals surface area contributed by atoms with Crippen LogP contribution in [-0.4, -0.2) is 45.2 Å². The molecule has 2 aromatic rings. The Morgan fingerprint density at radius 3 is 2.61 bits per heavy atom. The van der Waals surface area contributed by atoms with Crippen LogP contribution in [0.1, 0.15) is 30.4 Å².